The Morgan fingerprint density at radius 3 is 2.80 bits per heavy atom. The zero-order valence-electron chi connectivity index (χ0n) is 11.5. The number of nitrogens with zero attached hydrogens (tertiary/aromatic N) is 3. The Morgan fingerprint density at radius 2 is 2.15 bits per heavy atom. The topological polar surface area (TPSA) is 85.5 Å². The van der Waals surface area contributed by atoms with Crippen LogP contribution in [0.1, 0.15) is 37.1 Å². The van der Waals surface area contributed by atoms with Crippen LogP contribution in [-0.2, 0) is 14.8 Å². The lowest BCUT2D eigenvalue weighted by molar-refractivity contribution is 0.0221. The third-order valence-electron chi connectivity index (χ3n) is 3.74. The Labute approximate surface area is 118 Å². The van der Waals surface area contributed by atoms with Gasteiger partial charge in [0.05, 0.1) is 19.0 Å². The summed E-state index contributed by atoms with van der Waals surface area (Å²) in [5, 5.41) is 7.71. The van der Waals surface area contributed by atoms with Gasteiger partial charge in [-0.1, -0.05) is 12.8 Å². The summed E-state index contributed by atoms with van der Waals surface area (Å²) in [6.45, 7) is 2.71. The Bertz CT molecular complexity index is 567. The Hall–Kier alpha value is -0.990. The predicted octanol–water partition coefficient (Wildman–Crippen LogP) is 0.881. The third-order valence-corrected chi connectivity index (χ3v) is 5.65. The van der Waals surface area contributed by atoms with E-state index in [1.54, 1.807) is 6.92 Å². The molecule has 1 atom stereocenters. The maximum Gasteiger partial charge on any atom is 0.237 e. The van der Waals surface area contributed by atoms with Gasteiger partial charge >= 0.3 is 0 Å². The van der Waals surface area contributed by atoms with Crippen molar-refractivity contribution in [2.75, 3.05) is 25.5 Å². The highest BCUT2D eigenvalue weighted by molar-refractivity contribution is 7.89. The normalized spacial score (nSPS) is 24.9. The van der Waals surface area contributed by atoms with Crippen LogP contribution in [0.15, 0.2) is 4.42 Å². The number of aryl methyl sites for hydroxylation is 1. The fraction of sp³-hybridized carbons (Fsp3) is 0.833. The van der Waals surface area contributed by atoms with E-state index in [4.69, 9.17) is 9.15 Å². The van der Waals surface area contributed by atoms with E-state index in [2.05, 4.69) is 10.2 Å². The first-order chi connectivity index (χ1) is 9.56. The molecule has 112 valence electrons. The molecular formula is C12H19N3O4S. The monoisotopic (exact) mass is 301 g/mol. The van der Waals surface area contributed by atoms with Crippen molar-refractivity contribution < 1.29 is 17.6 Å². The zero-order chi connectivity index (χ0) is 14.2. The van der Waals surface area contributed by atoms with Crippen LogP contribution in [0.25, 0.3) is 0 Å². The van der Waals surface area contributed by atoms with Crippen molar-refractivity contribution in [2.24, 2.45) is 5.92 Å². The lowest BCUT2D eigenvalue weighted by Crippen LogP contribution is -2.44. The maximum absolute atomic E-state index is 12.5. The molecule has 1 aromatic rings. The minimum absolute atomic E-state index is 0.196. The fourth-order valence-electron chi connectivity index (χ4n) is 2.40. The number of hydrogen-bond donors (Lipinski definition) is 0. The van der Waals surface area contributed by atoms with Crippen LogP contribution < -0.4 is 0 Å². The highest BCUT2D eigenvalue weighted by Gasteiger charge is 2.37. The first-order valence-corrected chi connectivity index (χ1v) is 8.54. The van der Waals surface area contributed by atoms with Gasteiger partial charge in [0, 0.05) is 13.5 Å². The minimum Gasteiger partial charge on any atom is -0.424 e. The average Bonchev–Trinajstić information content (AvgIpc) is 3.17. The standard InChI is InChI=1S/C12H19N3O4S/c1-9-13-14-12(19-9)11-8-18-6-5-15(11)20(16,17)7-4-10-2-3-10/h10-11H,2-8H2,1H3. The molecule has 7 nitrogen and oxygen atoms in total. The lowest BCUT2D eigenvalue weighted by atomic mass is 10.3. The third kappa shape index (κ3) is 3.02. The summed E-state index contributed by atoms with van der Waals surface area (Å²) < 4.78 is 37.2. The Morgan fingerprint density at radius 1 is 1.35 bits per heavy atom. The number of hydrogen-bond acceptors (Lipinski definition) is 6. The van der Waals surface area contributed by atoms with E-state index in [9.17, 15) is 8.42 Å². The van der Waals surface area contributed by atoms with Crippen molar-refractivity contribution in [3.8, 4) is 0 Å². The number of morpholine rings is 1. The highest BCUT2D eigenvalue weighted by atomic mass is 32.2. The second-order valence-corrected chi connectivity index (χ2v) is 7.45. The van der Waals surface area contributed by atoms with Crippen LogP contribution in [0.3, 0.4) is 0 Å². The van der Waals surface area contributed by atoms with Crippen LogP contribution in [0.5, 0.6) is 0 Å². The van der Waals surface area contributed by atoms with E-state index in [1.165, 1.54) is 4.31 Å². The highest BCUT2D eigenvalue weighted by Crippen LogP contribution is 2.34. The van der Waals surface area contributed by atoms with Gasteiger partial charge < -0.3 is 9.15 Å². The number of ether oxygens (including phenoxy) is 1. The molecule has 8 heteroatoms. The average molecular weight is 301 g/mol. The molecule has 1 aromatic heterocycles. The van der Waals surface area contributed by atoms with Crippen LogP contribution in [-0.4, -0.2) is 48.4 Å². The van der Waals surface area contributed by atoms with Gasteiger partial charge in [-0.15, -0.1) is 10.2 Å². The van der Waals surface area contributed by atoms with Gasteiger partial charge in [0.25, 0.3) is 0 Å². The van der Waals surface area contributed by atoms with Gasteiger partial charge in [-0.2, -0.15) is 4.31 Å². The zero-order valence-corrected chi connectivity index (χ0v) is 12.3. The van der Waals surface area contributed by atoms with Crippen LogP contribution in [0.4, 0.5) is 0 Å². The van der Waals surface area contributed by atoms with Gasteiger partial charge in [0.2, 0.25) is 21.8 Å². The van der Waals surface area contributed by atoms with Gasteiger partial charge in [0.1, 0.15) is 6.04 Å². The second-order valence-electron chi connectivity index (χ2n) is 5.41. The van der Waals surface area contributed by atoms with Crippen LogP contribution in [0, 0.1) is 12.8 Å². The first-order valence-electron chi connectivity index (χ1n) is 6.93. The molecule has 0 N–H and O–H groups in total. The SMILES string of the molecule is Cc1nnc(C2COCCN2S(=O)(=O)CCC2CC2)o1. The van der Waals surface area contributed by atoms with Crippen molar-refractivity contribution in [3.63, 3.8) is 0 Å². The van der Waals surface area contributed by atoms with Crippen molar-refractivity contribution in [3.05, 3.63) is 11.8 Å². The Balaban J connectivity index is 1.76. The molecule has 0 spiro atoms. The molecule has 1 aliphatic heterocycles. The van der Waals surface area contributed by atoms with Crippen molar-refractivity contribution in [1.29, 1.82) is 0 Å². The van der Waals surface area contributed by atoms with E-state index >= 15 is 0 Å². The summed E-state index contributed by atoms with van der Waals surface area (Å²) in [6, 6.07) is -0.492. The number of aromatic nitrogens is 2. The quantitative estimate of drug-likeness (QED) is 0.802. The predicted molar refractivity (Wildman–Crippen MR) is 70.4 cm³/mol. The summed E-state index contributed by atoms with van der Waals surface area (Å²) in [5.74, 6) is 1.54. The minimum atomic E-state index is -3.30. The first kappa shape index (κ1) is 14.0. The van der Waals surface area contributed by atoms with E-state index in [1.807, 2.05) is 0 Å². The molecule has 0 bridgehead atoms. The molecule has 2 fully saturated rings. The number of sulfonamides is 1. The van der Waals surface area contributed by atoms with E-state index in [0.717, 1.165) is 19.3 Å². The lowest BCUT2D eigenvalue weighted by Gasteiger charge is -2.32. The largest absolute Gasteiger partial charge is 0.424 e. The molecular weight excluding hydrogens is 282 g/mol. The Kier molecular flexibility index (Phi) is 3.78. The molecule has 20 heavy (non-hydrogen) atoms. The molecule has 0 radical (unpaired) electrons. The van der Waals surface area contributed by atoms with Crippen molar-refractivity contribution in [2.45, 2.75) is 32.2 Å². The van der Waals surface area contributed by atoms with E-state index < -0.39 is 16.1 Å². The number of rotatable bonds is 5. The molecule has 2 heterocycles. The van der Waals surface area contributed by atoms with Crippen molar-refractivity contribution in [1.82, 2.24) is 14.5 Å². The van der Waals surface area contributed by atoms with Gasteiger partial charge in [-0.25, -0.2) is 8.42 Å². The van der Waals surface area contributed by atoms with Gasteiger partial charge in [-0.05, 0) is 12.3 Å². The van der Waals surface area contributed by atoms with E-state index in [-0.39, 0.29) is 12.4 Å². The molecule has 0 aromatic carbocycles. The van der Waals surface area contributed by atoms with Gasteiger partial charge in [0.15, 0.2) is 0 Å². The molecule has 1 saturated heterocycles. The summed E-state index contributed by atoms with van der Waals surface area (Å²) >= 11 is 0. The molecule has 2 aliphatic rings. The van der Waals surface area contributed by atoms with Crippen molar-refractivity contribution >= 4 is 10.0 Å². The van der Waals surface area contributed by atoms with Gasteiger partial charge in [-0.3, -0.25) is 0 Å². The summed E-state index contributed by atoms with van der Waals surface area (Å²) in [5.41, 5.74) is 0. The molecule has 1 aliphatic carbocycles. The summed E-state index contributed by atoms with van der Waals surface area (Å²) in [7, 11) is -3.30. The fourth-order valence-corrected chi connectivity index (χ4v) is 4.16. The van der Waals surface area contributed by atoms with Crippen LogP contribution >= 0.6 is 0 Å². The molecule has 1 unspecified atom stereocenters. The maximum atomic E-state index is 12.5. The molecule has 3 rings (SSSR count). The summed E-state index contributed by atoms with van der Waals surface area (Å²) in [4.78, 5) is 0. The molecule has 0 amide bonds. The smallest absolute Gasteiger partial charge is 0.237 e. The summed E-state index contributed by atoms with van der Waals surface area (Å²) in [6.07, 6.45) is 3.06. The van der Waals surface area contributed by atoms with Crippen LogP contribution in [0.2, 0.25) is 0 Å². The van der Waals surface area contributed by atoms with E-state index in [0.29, 0.717) is 30.9 Å². The molecule has 1 saturated carbocycles. The second kappa shape index (κ2) is 5.42.